The van der Waals surface area contributed by atoms with E-state index in [-0.39, 0.29) is 18.6 Å². The van der Waals surface area contributed by atoms with Crippen LogP contribution in [0.15, 0.2) is 18.2 Å². The van der Waals surface area contributed by atoms with Crippen LogP contribution in [-0.2, 0) is 4.74 Å². The molecule has 0 saturated carbocycles. The van der Waals surface area contributed by atoms with Crippen molar-refractivity contribution in [3.8, 4) is 11.8 Å². The highest BCUT2D eigenvalue weighted by Crippen LogP contribution is 2.13. The van der Waals surface area contributed by atoms with E-state index in [0.717, 1.165) is 31.4 Å². The predicted octanol–water partition coefficient (Wildman–Crippen LogP) is 1.64. The first-order valence-electron chi connectivity index (χ1n) is 7.31. The van der Waals surface area contributed by atoms with Crippen molar-refractivity contribution in [2.24, 2.45) is 0 Å². The van der Waals surface area contributed by atoms with Gasteiger partial charge in [-0.05, 0) is 43.9 Å². The van der Waals surface area contributed by atoms with Gasteiger partial charge in [0.2, 0.25) is 0 Å². The highest BCUT2D eigenvalue weighted by molar-refractivity contribution is 5.96. The number of carbonyl (C=O) groups is 1. The van der Waals surface area contributed by atoms with Crippen molar-refractivity contribution in [3.63, 3.8) is 0 Å². The summed E-state index contributed by atoms with van der Waals surface area (Å²) in [6.45, 7) is 3.03. The summed E-state index contributed by atoms with van der Waals surface area (Å²) < 4.78 is 5.60. The lowest BCUT2D eigenvalue weighted by Crippen LogP contribution is -2.35. The Bertz CT molecular complexity index is 551. The van der Waals surface area contributed by atoms with Crippen LogP contribution in [0.4, 0.5) is 0 Å². The van der Waals surface area contributed by atoms with Crippen molar-refractivity contribution >= 4 is 5.91 Å². The Labute approximate surface area is 125 Å². The van der Waals surface area contributed by atoms with Gasteiger partial charge in [0.1, 0.15) is 6.61 Å². The molecule has 2 N–H and O–H groups in total. The molecule has 1 unspecified atom stereocenters. The number of hydrogen-bond acceptors (Lipinski definition) is 3. The van der Waals surface area contributed by atoms with E-state index < -0.39 is 0 Å². The number of hydrogen-bond donors (Lipinski definition) is 2. The van der Waals surface area contributed by atoms with Crippen molar-refractivity contribution < 1.29 is 14.6 Å². The quantitative estimate of drug-likeness (QED) is 0.831. The molecule has 1 amide bonds. The Morgan fingerprint density at radius 2 is 2.33 bits per heavy atom. The summed E-state index contributed by atoms with van der Waals surface area (Å²) >= 11 is 0. The van der Waals surface area contributed by atoms with Crippen LogP contribution in [-0.4, -0.2) is 36.9 Å². The molecule has 0 aromatic heterocycles. The third kappa shape index (κ3) is 4.59. The van der Waals surface area contributed by atoms with Crippen LogP contribution in [0.3, 0.4) is 0 Å². The van der Waals surface area contributed by atoms with Gasteiger partial charge in [-0.25, -0.2) is 0 Å². The second-order valence-electron chi connectivity index (χ2n) is 5.21. The average molecular weight is 287 g/mol. The molecule has 1 aromatic rings. The van der Waals surface area contributed by atoms with Crippen molar-refractivity contribution in [1.29, 1.82) is 0 Å². The summed E-state index contributed by atoms with van der Waals surface area (Å²) in [6.07, 6.45) is 3.35. The van der Waals surface area contributed by atoms with Gasteiger partial charge in [0, 0.05) is 18.7 Å². The molecular weight excluding hydrogens is 266 g/mol. The van der Waals surface area contributed by atoms with Gasteiger partial charge in [-0.2, -0.15) is 0 Å². The minimum Gasteiger partial charge on any atom is -0.384 e. The number of amides is 1. The summed E-state index contributed by atoms with van der Waals surface area (Å²) in [4.78, 5) is 12.3. The molecule has 112 valence electrons. The lowest BCUT2D eigenvalue weighted by Gasteiger charge is -2.22. The first kappa shape index (κ1) is 15.6. The maximum absolute atomic E-state index is 12.3. The number of aliphatic hydroxyl groups excluding tert-OH is 1. The molecule has 2 rings (SSSR count). The first-order valence-corrected chi connectivity index (χ1v) is 7.31. The van der Waals surface area contributed by atoms with E-state index in [1.165, 1.54) is 0 Å². The van der Waals surface area contributed by atoms with E-state index in [1.807, 2.05) is 19.1 Å². The number of nitrogens with one attached hydrogen (secondary N) is 1. The molecular formula is C17H21NO3. The van der Waals surface area contributed by atoms with Crippen LogP contribution < -0.4 is 5.32 Å². The fraction of sp³-hybridized carbons (Fsp3) is 0.471. The molecule has 1 aliphatic heterocycles. The van der Waals surface area contributed by atoms with Crippen LogP contribution >= 0.6 is 0 Å². The minimum atomic E-state index is -0.217. The summed E-state index contributed by atoms with van der Waals surface area (Å²) in [6, 6.07) is 5.51. The van der Waals surface area contributed by atoms with E-state index in [4.69, 9.17) is 9.84 Å². The number of aryl methyl sites for hydroxylation is 1. The van der Waals surface area contributed by atoms with Crippen LogP contribution in [0.25, 0.3) is 0 Å². The van der Waals surface area contributed by atoms with Gasteiger partial charge in [-0.1, -0.05) is 17.9 Å². The zero-order valence-electron chi connectivity index (χ0n) is 12.3. The Hall–Kier alpha value is -1.83. The number of benzene rings is 1. The first-order chi connectivity index (χ1) is 10.2. The van der Waals surface area contributed by atoms with Gasteiger partial charge in [0.25, 0.3) is 5.91 Å². The zero-order valence-corrected chi connectivity index (χ0v) is 12.3. The van der Waals surface area contributed by atoms with Gasteiger partial charge in [0.05, 0.1) is 11.7 Å². The molecule has 1 saturated heterocycles. The summed E-state index contributed by atoms with van der Waals surface area (Å²) in [5.41, 5.74) is 2.22. The molecule has 1 aliphatic rings. The van der Waals surface area contributed by atoms with Crippen molar-refractivity contribution in [2.75, 3.05) is 19.8 Å². The second kappa shape index (κ2) is 7.82. The number of carbonyl (C=O) groups excluding carboxylic acids is 1. The van der Waals surface area contributed by atoms with Crippen molar-refractivity contribution in [2.45, 2.75) is 32.3 Å². The number of aliphatic hydroxyl groups is 1. The van der Waals surface area contributed by atoms with E-state index >= 15 is 0 Å². The standard InChI is InChI=1S/C17H21NO3/c1-13-7-8-16(14(11-13)5-4-9-19)17(20)18-12-15-6-2-3-10-21-15/h7-8,11,15,19H,2-3,6,9-10,12H2,1H3,(H,18,20). The molecule has 21 heavy (non-hydrogen) atoms. The smallest absolute Gasteiger partial charge is 0.252 e. The zero-order chi connectivity index (χ0) is 15.1. The molecule has 4 nitrogen and oxygen atoms in total. The summed E-state index contributed by atoms with van der Waals surface area (Å²) in [5, 5.41) is 11.7. The summed E-state index contributed by atoms with van der Waals surface area (Å²) in [7, 11) is 0. The third-order valence-corrected chi connectivity index (χ3v) is 3.49. The highest BCUT2D eigenvalue weighted by Gasteiger charge is 2.16. The SMILES string of the molecule is Cc1ccc(C(=O)NCC2CCCCO2)c(C#CCO)c1. The largest absolute Gasteiger partial charge is 0.384 e. The topological polar surface area (TPSA) is 58.6 Å². The fourth-order valence-corrected chi connectivity index (χ4v) is 2.36. The maximum atomic E-state index is 12.3. The van der Waals surface area contributed by atoms with Gasteiger partial charge in [-0.3, -0.25) is 4.79 Å². The molecule has 0 aliphatic carbocycles. The van der Waals surface area contributed by atoms with Crippen molar-refractivity contribution in [3.05, 3.63) is 34.9 Å². The Balaban J connectivity index is 2.03. The van der Waals surface area contributed by atoms with Crippen molar-refractivity contribution in [1.82, 2.24) is 5.32 Å². The number of ether oxygens (including phenoxy) is 1. The van der Waals surface area contributed by atoms with Crippen LogP contribution in [0.1, 0.15) is 40.7 Å². The molecule has 4 heteroatoms. The summed E-state index contributed by atoms with van der Waals surface area (Å²) in [5.74, 6) is 5.28. The molecule has 1 heterocycles. The van der Waals surface area contributed by atoms with Gasteiger partial charge >= 0.3 is 0 Å². The molecule has 1 fully saturated rings. The van der Waals surface area contributed by atoms with E-state index in [1.54, 1.807) is 6.07 Å². The lowest BCUT2D eigenvalue weighted by molar-refractivity contribution is 0.0169. The predicted molar refractivity (Wildman–Crippen MR) is 81.1 cm³/mol. The Morgan fingerprint density at radius 1 is 1.48 bits per heavy atom. The minimum absolute atomic E-state index is 0.111. The van der Waals surface area contributed by atoms with Crippen LogP contribution in [0.2, 0.25) is 0 Å². The van der Waals surface area contributed by atoms with Gasteiger partial charge in [-0.15, -0.1) is 0 Å². The fourth-order valence-electron chi connectivity index (χ4n) is 2.36. The molecule has 0 bridgehead atoms. The van der Waals surface area contributed by atoms with E-state index in [0.29, 0.717) is 17.7 Å². The number of rotatable bonds is 3. The molecule has 1 aromatic carbocycles. The van der Waals surface area contributed by atoms with E-state index in [9.17, 15) is 4.79 Å². The lowest BCUT2D eigenvalue weighted by atomic mass is 10.0. The van der Waals surface area contributed by atoms with Gasteiger partial charge in [0.15, 0.2) is 0 Å². The maximum Gasteiger partial charge on any atom is 0.252 e. The Morgan fingerprint density at radius 3 is 3.05 bits per heavy atom. The normalized spacial score (nSPS) is 17.7. The van der Waals surface area contributed by atoms with E-state index in [2.05, 4.69) is 17.2 Å². The monoisotopic (exact) mass is 287 g/mol. The van der Waals surface area contributed by atoms with Crippen LogP contribution in [0, 0.1) is 18.8 Å². The Kier molecular flexibility index (Phi) is 5.79. The highest BCUT2D eigenvalue weighted by atomic mass is 16.5. The molecule has 0 radical (unpaired) electrons. The molecule has 1 atom stereocenters. The average Bonchev–Trinajstić information content (AvgIpc) is 2.51. The third-order valence-electron chi connectivity index (χ3n) is 3.49. The second-order valence-corrected chi connectivity index (χ2v) is 5.21. The molecule has 0 spiro atoms. The van der Waals surface area contributed by atoms with Gasteiger partial charge < -0.3 is 15.2 Å². The van der Waals surface area contributed by atoms with Crippen LogP contribution in [0.5, 0.6) is 0 Å².